The molecule has 3 aliphatic heterocycles. The third-order valence-corrected chi connectivity index (χ3v) is 9.93. The summed E-state index contributed by atoms with van der Waals surface area (Å²) in [6, 6.07) is -0.576. The van der Waals surface area contributed by atoms with Crippen molar-refractivity contribution < 1.29 is 24.9 Å². The van der Waals surface area contributed by atoms with Crippen LogP contribution in [0.3, 0.4) is 0 Å². The van der Waals surface area contributed by atoms with Crippen molar-refractivity contribution in [2.45, 2.75) is 56.1 Å². The lowest BCUT2D eigenvalue weighted by molar-refractivity contribution is -0.259. The van der Waals surface area contributed by atoms with Gasteiger partial charge in [0.25, 0.3) is 0 Å². The van der Waals surface area contributed by atoms with E-state index in [4.69, 9.17) is 0 Å². The van der Waals surface area contributed by atoms with Gasteiger partial charge in [-0.3, -0.25) is 14.5 Å². The number of ketones is 2. The number of aliphatic hydroxyl groups excluding tert-OH is 2. The largest absolute Gasteiger partial charge is 0.392 e. The third-order valence-electron chi connectivity index (χ3n) is 9.93. The molecule has 9 bridgehead atoms. The van der Waals surface area contributed by atoms with Gasteiger partial charge in [0.2, 0.25) is 0 Å². The first-order valence-corrected chi connectivity index (χ1v) is 9.74. The maximum absolute atomic E-state index is 13.4. The second-order valence-corrected chi connectivity index (χ2v) is 10.6. The Bertz CT molecular complexity index is 870. The molecule has 6 heteroatoms. The van der Waals surface area contributed by atoms with E-state index in [9.17, 15) is 24.9 Å². The van der Waals surface area contributed by atoms with Crippen LogP contribution in [0.2, 0.25) is 0 Å². The number of aliphatic hydroxyl groups is 3. The van der Waals surface area contributed by atoms with Gasteiger partial charge < -0.3 is 15.3 Å². The number of carbonyl (C=O) groups is 2. The van der Waals surface area contributed by atoms with Crippen LogP contribution < -0.4 is 0 Å². The van der Waals surface area contributed by atoms with E-state index < -0.39 is 46.5 Å². The van der Waals surface area contributed by atoms with E-state index >= 15 is 0 Å². The van der Waals surface area contributed by atoms with Gasteiger partial charge in [-0.05, 0) is 17.8 Å². The number of Topliss-reactive ketones (excluding diaryl/α,β-unsaturated/α-hetero) is 2. The van der Waals surface area contributed by atoms with Crippen molar-refractivity contribution in [3.8, 4) is 0 Å². The van der Waals surface area contributed by atoms with Crippen molar-refractivity contribution in [2.24, 2.45) is 34.0 Å². The standard InChI is InChI=1S/C20H23NO5/c1-7-3-19-13-11(23)9(7)14(24)20(19,26)16-18(13)5-8(22)4-17(2)6-21(16)10(12(17)18)15(19)25/h9-13,15-16,23,25-26H,1,3-6H2,2H3/t9-,10-,11-,12-,13+,15-,16+,17+,18+,19+,20-/m1/s1. The van der Waals surface area contributed by atoms with E-state index in [1.807, 2.05) is 0 Å². The zero-order chi connectivity index (χ0) is 18.2. The minimum Gasteiger partial charge on any atom is -0.392 e. The molecule has 26 heavy (non-hydrogen) atoms. The second-order valence-electron chi connectivity index (χ2n) is 10.6. The molecule has 9 rings (SSSR count). The van der Waals surface area contributed by atoms with Crippen LogP contribution in [0.15, 0.2) is 12.2 Å². The van der Waals surface area contributed by atoms with Crippen LogP contribution in [0, 0.1) is 34.0 Å². The van der Waals surface area contributed by atoms with Gasteiger partial charge in [0.05, 0.1) is 24.2 Å². The van der Waals surface area contributed by atoms with Gasteiger partial charge in [-0.2, -0.15) is 0 Å². The van der Waals surface area contributed by atoms with E-state index in [0.717, 1.165) is 0 Å². The Kier molecular flexibility index (Phi) is 2.01. The van der Waals surface area contributed by atoms with Crippen LogP contribution in [0.5, 0.6) is 0 Å². The Labute approximate surface area is 150 Å². The van der Waals surface area contributed by atoms with Crippen molar-refractivity contribution in [1.29, 1.82) is 0 Å². The predicted octanol–water partition coefficient (Wildman–Crippen LogP) is -0.734. The van der Waals surface area contributed by atoms with Gasteiger partial charge in [0.15, 0.2) is 5.78 Å². The summed E-state index contributed by atoms with van der Waals surface area (Å²) in [4.78, 5) is 28.3. The van der Waals surface area contributed by atoms with E-state index in [2.05, 4.69) is 18.4 Å². The van der Waals surface area contributed by atoms with Crippen molar-refractivity contribution in [3.63, 3.8) is 0 Å². The Hall–Kier alpha value is -1.08. The summed E-state index contributed by atoms with van der Waals surface area (Å²) in [6.45, 7) is 6.77. The molecule has 2 spiro atoms. The zero-order valence-electron chi connectivity index (χ0n) is 14.7. The number of hydrogen-bond acceptors (Lipinski definition) is 6. The first-order chi connectivity index (χ1) is 12.2. The summed E-state index contributed by atoms with van der Waals surface area (Å²) in [7, 11) is 0. The highest BCUT2D eigenvalue weighted by molar-refractivity contribution is 5.99. The summed E-state index contributed by atoms with van der Waals surface area (Å²) < 4.78 is 0. The third kappa shape index (κ3) is 0.946. The van der Waals surface area contributed by atoms with E-state index in [1.165, 1.54) is 0 Å². The molecule has 6 nitrogen and oxygen atoms in total. The number of carbonyl (C=O) groups excluding carboxylic acids is 2. The molecular weight excluding hydrogens is 334 g/mol. The molecule has 3 saturated heterocycles. The quantitative estimate of drug-likeness (QED) is 0.495. The number of fused-ring (bicyclic) bond motifs is 1. The first kappa shape index (κ1) is 14.9. The zero-order valence-corrected chi connectivity index (χ0v) is 14.7. The van der Waals surface area contributed by atoms with Gasteiger partial charge in [-0.25, -0.2) is 0 Å². The molecule has 9 fully saturated rings. The van der Waals surface area contributed by atoms with Gasteiger partial charge in [-0.15, -0.1) is 0 Å². The molecule has 0 aromatic carbocycles. The van der Waals surface area contributed by atoms with Crippen LogP contribution in [0.25, 0.3) is 0 Å². The average molecular weight is 357 g/mol. The summed E-state index contributed by atoms with van der Waals surface area (Å²) in [6.07, 6.45) is -0.648. The van der Waals surface area contributed by atoms with E-state index in [0.29, 0.717) is 31.4 Å². The molecule has 0 aromatic heterocycles. The summed E-state index contributed by atoms with van der Waals surface area (Å²) >= 11 is 0. The number of nitrogens with zero attached hydrogens (tertiary/aromatic N) is 1. The van der Waals surface area contributed by atoms with Gasteiger partial charge in [0, 0.05) is 42.2 Å². The number of piperidine rings is 2. The molecule has 12 atom stereocenters. The number of hydrogen-bond donors (Lipinski definition) is 3. The van der Waals surface area contributed by atoms with E-state index in [-0.39, 0.29) is 28.9 Å². The van der Waals surface area contributed by atoms with Gasteiger partial charge >= 0.3 is 0 Å². The predicted molar refractivity (Wildman–Crippen MR) is 87.7 cm³/mol. The van der Waals surface area contributed by atoms with E-state index in [1.54, 1.807) is 0 Å². The molecule has 3 heterocycles. The molecule has 0 aromatic rings. The monoisotopic (exact) mass is 357 g/mol. The summed E-state index contributed by atoms with van der Waals surface area (Å²) in [5.41, 5.74) is -2.96. The van der Waals surface area contributed by atoms with Gasteiger partial charge in [-0.1, -0.05) is 19.1 Å². The number of rotatable bonds is 0. The van der Waals surface area contributed by atoms with Crippen molar-refractivity contribution in [2.75, 3.05) is 6.54 Å². The van der Waals surface area contributed by atoms with Crippen molar-refractivity contribution >= 4 is 11.6 Å². The highest BCUT2D eigenvalue weighted by atomic mass is 16.3. The van der Waals surface area contributed by atoms with Crippen LogP contribution in [-0.4, -0.2) is 68.2 Å². The smallest absolute Gasteiger partial charge is 0.176 e. The highest BCUT2D eigenvalue weighted by Crippen LogP contribution is 2.86. The molecular formula is C20H23NO5. The summed E-state index contributed by atoms with van der Waals surface area (Å²) in [5, 5.41) is 34.7. The van der Waals surface area contributed by atoms with Crippen LogP contribution in [-0.2, 0) is 9.59 Å². The minimum absolute atomic E-state index is 0.0485. The van der Waals surface area contributed by atoms with Crippen LogP contribution >= 0.6 is 0 Å². The highest BCUT2D eigenvalue weighted by Gasteiger charge is 2.97. The summed E-state index contributed by atoms with van der Waals surface area (Å²) in [5.74, 6) is -1.33. The fourth-order valence-electron chi connectivity index (χ4n) is 10.1. The molecule has 6 saturated carbocycles. The first-order valence-electron chi connectivity index (χ1n) is 9.74. The van der Waals surface area contributed by atoms with Crippen molar-refractivity contribution in [3.05, 3.63) is 12.2 Å². The lowest BCUT2D eigenvalue weighted by Crippen LogP contribution is -2.80. The van der Waals surface area contributed by atoms with Crippen LogP contribution in [0.4, 0.5) is 0 Å². The topological polar surface area (TPSA) is 98.1 Å². The average Bonchev–Trinajstić information content (AvgIpc) is 2.99. The SMILES string of the molecule is C=C1C[C@@]23[C@H](O)[C@H]4[C@@H]5[C@@]6(C)CC(=O)C[C@@]57[C@@H]2[C@H](O)[C@@H]1C(=O)[C@@]3(O)[C@H]7N4C6. The molecule has 3 N–H and O–H groups in total. The fraction of sp³-hybridized carbons (Fsp3) is 0.800. The Morgan fingerprint density at radius 1 is 1.15 bits per heavy atom. The maximum atomic E-state index is 13.4. The Balaban J connectivity index is 1.62. The second kappa shape index (κ2) is 3.50. The molecule has 6 aliphatic carbocycles. The Morgan fingerprint density at radius 3 is 2.62 bits per heavy atom. The molecule has 0 amide bonds. The fourth-order valence-corrected chi connectivity index (χ4v) is 10.1. The van der Waals surface area contributed by atoms with Gasteiger partial charge in [0.1, 0.15) is 11.4 Å². The Morgan fingerprint density at radius 2 is 1.88 bits per heavy atom. The maximum Gasteiger partial charge on any atom is 0.176 e. The molecule has 0 radical (unpaired) electrons. The minimum atomic E-state index is -1.67. The van der Waals surface area contributed by atoms with Crippen molar-refractivity contribution in [1.82, 2.24) is 4.90 Å². The normalized spacial score (nSPS) is 71.3. The molecule has 1 unspecified atom stereocenters. The lowest BCUT2D eigenvalue weighted by Gasteiger charge is -2.66. The van der Waals surface area contributed by atoms with Crippen LogP contribution in [0.1, 0.15) is 26.2 Å². The molecule has 9 aliphatic rings. The lowest BCUT2D eigenvalue weighted by atomic mass is 9.38. The molecule has 138 valence electrons.